The molecule has 0 spiro atoms. The maximum Gasteiger partial charge on any atom is 0.0846 e. The molecule has 1 unspecified atom stereocenters. The Hall–Kier alpha value is -1.61. The molecule has 0 saturated heterocycles. The van der Waals surface area contributed by atoms with Crippen molar-refractivity contribution < 1.29 is 5.11 Å². The van der Waals surface area contributed by atoms with E-state index in [9.17, 15) is 5.11 Å². The predicted molar refractivity (Wildman–Crippen MR) is 86.9 cm³/mol. The third-order valence-electron chi connectivity index (χ3n) is 3.33. The maximum atomic E-state index is 10.3. The van der Waals surface area contributed by atoms with E-state index < -0.39 is 6.10 Å². The summed E-state index contributed by atoms with van der Waals surface area (Å²) >= 11 is 11.9. The van der Waals surface area contributed by atoms with Crippen molar-refractivity contribution in [1.82, 2.24) is 4.98 Å². The maximum absolute atomic E-state index is 10.3. The van der Waals surface area contributed by atoms with Crippen molar-refractivity contribution in [2.75, 3.05) is 0 Å². The fourth-order valence-corrected chi connectivity index (χ4v) is 2.85. The van der Waals surface area contributed by atoms with Crippen LogP contribution in [0.15, 0.2) is 54.6 Å². The van der Waals surface area contributed by atoms with E-state index in [0.29, 0.717) is 22.0 Å². The lowest BCUT2D eigenvalue weighted by Gasteiger charge is -2.12. The standard InChI is InChI=1S/C17H13Cl2NO/c18-13-7-12(8-14(19)9-13)17(21)10-15-6-5-11-3-1-2-4-16(11)20-15/h1-9,17,21H,10H2. The smallest absolute Gasteiger partial charge is 0.0846 e. The molecule has 0 aliphatic carbocycles. The van der Waals surface area contributed by atoms with Crippen LogP contribution in [0.4, 0.5) is 0 Å². The predicted octanol–water partition coefficient (Wildman–Crippen LogP) is 4.82. The van der Waals surface area contributed by atoms with E-state index in [-0.39, 0.29) is 0 Å². The molecule has 1 heterocycles. The summed E-state index contributed by atoms with van der Waals surface area (Å²) in [5.74, 6) is 0. The lowest BCUT2D eigenvalue weighted by atomic mass is 10.0. The van der Waals surface area contributed by atoms with Crippen molar-refractivity contribution in [2.24, 2.45) is 0 Å². The zero-order valence-electron chi connectivity index (χ0n) is 11.1. The number of fused-ring (bicyclic) bond motifs is 1. The minimum absolute atomic E-state index is 0.418. The lowest BCUT2D eigenvalue weighted by Crippen LogP contribution is -2.03. The highest BCUT2D eigenvalue weighted by Crippen LogP contribution is 2.25. The quantitative estimate of drug-likeness (QED) is 0.751. The van der Waals surface area contributed by atoms with Crippen LogP contribution in [0.25, 0.3) is 10.9 Å². The highest BCUT2D eigenvalue weighted by atomic mass is 35.5. The van der Waals surface area contributed by atoms with Crippen LogP contribution < -0.4 is 0 Å². The minimum Gasteiger partial charge on any atom is -0.388 e. The lowest BCUT2D eigenvalue weighted by molar-refractivity contribution is 0.177. The van der Waals surface area contributed by atoms with Crippen molar-refractivity contribution in [3.63, 3.8) is 0 Å². The second-order valence-electron chi connectivity index (χ2n) is 4.92. The highest BCUT2D eigenvalue weighted by Gasteiger charge is 2.11. The number of pyridine rings is 1. The number of benzene rings is 2. The third-order valence-corrected chi connectivity index (χ3v) is 3.76. The average Bonchev–Trinajstić information content (AvgIpc) is 2.46. The minimum atomic E-state index is -0.685. The molecule has 21 heavy (non-hydrogen) atoms. The molecule has 3 rings (SSSR count). The Bertz CT molecular complexity index is 768. The number of rotatable bonds is 3. The van der Waals surface area contributed by atoms with Gasteiger partial charge in [-0.3, -0.25) is 4.98 Å². The van der Waals surface area contributed by atoms with Crippen LogP contribution in [0.1, 0.15) is 17.4 Å². The number of nitrogens with zero attached hydrogens (tertiary/aromatic N) is 1. The number of aromatic nitrogens is 1. The molecule has 0 aliphatic rings. The van der Waals surface area contributed by atoms with Crippen LogP contribution >= 0.6 is 23.2 Å². The Balaban J connectivity index is 1.86. The van der Waals surface area contributed by atoms with Crippen molar-refractivity contribution >= 4 is 34.1 Å². The van der Waals surface area contributed by atoms with Crippen LogP contribution in [0.3, 0.4) is 0 Å². The number of aliphatic hydroxyl groups excluding tert-OH is 1. The molecular weight excluding hydrogens is 305 g/mol. The number of para-hydroxylation sites is 1. The zero-order chi connectivity index (χ0) is 14.8. The molecule has 4 heteroatoms. The Labute approximate surface area is 133 Å². The van der Waals surface area contributed by atoms with E-state index in [2.05, 4.69) is 4.98 Å². The molecule has 3 aromatic rings. The van der Waals surface area contributed by atoms with Gasteiger partial charge in [0.05, 0.1) is 11.6 Å². The molecule has 0 saturated carbocycles. The largest absolute Gasteiger partial charge is 0.388 e. The molecule has 1 atom stereocenters. The molecule has 2 nitrogen and oxygen atoms in total. The molecule has 0 amide bonds. The van der Waals surface area contributed by atoms with Gasteiger partial charge in [-0.05, 0) is 35.9 Å². The second kappa shape index (κ2) is 6.02. The molecule has 0 fully saturated rings. The SMILES string of the molecule is OC(Cc1ccc2ccccc2n1)c1cc(Cl)cc(Cl)c1. The topological polar surface area (TPSA) is 33.1 Å². The van der Waals surface area contributed by atoms with Crippen molar-refractivity contribution in [3.05, 3.63) is 75.9 Å². The summed E-state index contributed by atoms with van der Waals surface area (Å²) in [6.45, 7) is 0. The van der Waals surface area contributed by atoms with Gasteiger partial charge in [0.2, 0.25) is 0 Å². The van der Waals surface area contributed by atoms with E-state index in [1.54, 1.807) is 18.2 Å². The van der Waals surface area contributed by atoms with Gasteiger partial charge in [-0.1, -0.05) is 47.5 Å². The first-order chi connectivity index (χ1) is 10.1. The normalized spacial score (nSPS) is 12.5. The summed E-state index contributed by atoms with van der Waals surface area (Å²) in [5.41, 5.74) is 2.45. The Morgan fingerprint density at radius 3 is 2.43 bits per heavy atom. The molecule has 1 N–H and O–H groups in total. The summed E-state index contributed by atoms with van der Waals surface area (Å²) in [6.07, 6.45) is -0.267. The summed E-state index contributed by atoms with van der Waals surface area (Å²) in [6, 6.07) is 16.9. The van der Waals surface area contributed by atoms with Gasteiger partial charge in [0, 0.05) is 27.5 Å². The molecular formula is C17H13Cl2NO. The summed E-state index contributed by atoms with van der Waals surface area (Å²) in [7, 11) is 0. The van der Waals surface area contributed by atoms with E-state index in [4.69, 9.17) is 23.2 Å². The van der Waals surface area contributed by atoms with Crippen molar-refractivity contribution in [2.45, 2.75) is 12.5 Å². The van der Waals surface area contributed by atoms with E-state index in [0.717, 1.165) is 16.6 Å². The summed E-state index contributed by atoms with van der Waals surface area (Å²) < 4.78 is 0. The average molecular weight is 318 g/mol. The first-order valence-corrected chi connectivity index (χ1v) is 7.36. The first kappa shape index (κ1) is 14.3. The Morgan fingerprint density at radius 1 is 0.952 bits per heavy atom. The number of aliphatic hydroxyl groups is 1. The van der Waals surface area contributed by atoms with Gasteiger partial charge in [-0.15, -0.1) is 0 Å². The van der Waals surface area contributed by atoms with Crippen LogP contribution in [0.5, 0.6) is 0 Å². The van der Waals surface area contributed by atoms with Crippen LogP contribution in [-0.2, 0) is 6.42 Å². The first-order valence-electron chi connectivity index (χ1n) is 6.60. The van der Waals surface area contributed by atoms with Crippen LogP contribution in [-0.4, -0.2) is 10.1 Å². The molecule has 1 aromatic heterocycles. The third kappa shape index (κ3) is 3.35. The van der Waals surface area contributed by atoms with Gasteiger partial charge in [-0.2, -0.15) is 0 Å². The Morgan fingerprint density at radius 2 is 1.67 bits per heavy atom. The Kier molecular flexibility index (Phi) is 4.11. The fraction of sp³-hybridized carbons (Fsp3) is 0.118. The van der Waals surface area contributed by atoms with Gasteiger partial charge in [0.15, 0.2) is 0 Å². The second-order valence-corrected chi connectivity index (χ2v) is 5.79. The molecule has 0 radical (unpaired) electrons. The van der Waals surface area contributed by atoms with E-state index in [1.165, 1.54) is 0 Å². The highest BCUT2D eigenvalue weighted by molar-refractivity contribution is 6.34. The van der Waals surface area contributed by atoms with Crippen LogP contribution in [0, 0.1) is 0 Å². The number of halogens is 2. The van der Waals surface area contributed by atoms with Gasteiger partial charge in [0.25, 0.3) is 0 Å². The van der Waals surface area contributed by atoms with Crippen molar-refractivity contribution in [3.8, 4) is 0 Å². The molecule has 2 aromatic carbocycles. The number of hydrogen-bond donors (Lipinski definition) is 1. The molecule has 0 bridgehead atoms. The van der Waals surface area contributed by atoms with Gasteiger partial charge < -0.3 is 5.11 Å². The monoisotopic (exact) mass is 317 g/mol. The van der Waals surface area contributed by atoms with Gasteiger partial charge >= 0.3 is 0 Å². The van der Waals surface area contributed by atoms with Gasteiger partial charge in [0.1, 0.15) is 0 Å². The fourth-order valence-electron chi connectivity index (χ4n) is 2.31. The summed E-state index contributed by atoms with van der Waals surface area (Å²) in [4.78, 5) is 4.56. The van der Waals surface area contributed by atoms with Crippen LogP contribution in [0.2, 0.25) is 10.0 Å². The molecule has 0 aliphatic heterocycles. The number of hydrogen-bond acceptors (Lipinski definition) is 2. The zero-order valence-corrected chi connectivity index (χ0v) is 12.6. The van der Waals surface area contributed by atoms with Crippen molar-refractivity contribution in [1.29, 1.82) is 0 Å². The van der Waals surface area contributed by atoms with E-state index >= 15 is 0 Å². The molecule has 106 valence electrons. The van der Waals surface area contributed by atoms with E-state index in [1.807, 2.05) is 36.4 Å². The van der Waals surface area contributed by atoms with Gasteiger partial charge in [-0.25, -0.2) is 0 Å². The summed E-state index contributed by atoms with van der Waals surface area (Å²) in [5, 5.41) is 12.5.